The number of hydrogen-bond acceptors (Lipinski definition) is 4. The molecule has 0 atom stereocenters. The minimum Gasteiger partial charge on any atom is -0.382 e. The molecule has 0 aromatic heterocycles. The first kappa shape index (κ1) is 13.2. The van der Waals surface area contributed by atoms with Crippen molar-refractivity contribution in [2.45, 2.75) is 6.92 Å². The Morgan fingerprint density at radius 3 is 2.74 bits per heavy atom. The third-order valence-electron chi connectivity index (χ3n) is 3.05. The Balaban J connectivity index is 2.30. The molecular weight excluding hydrogens is 244 g/mol. The van der Waals surface area contributed by atoms with Crippen molar-refractivity contribution >= 4 is 23.2 Å². The average molecular weight is 262 g/mol. The van der Waals surface area contributed by atoms with Crippen LogP contribution in [0.5, 0.6) is 0 Å². The zero-order valence-electron chi connectivity index (χ0n) is 10.9. The number of primary amides is 1. The number of carbonyl (C=O) groups excluding carboxylic acids is 2. The van der Waals surface area contributed by atoms with E-state index in [1.807, 2.05) is 19.1 Å². The predicted molar refractivity (Wildman–Crippen MR) is 74.2 cm³/mol. The van der Waals surface area contributed by atoms with Gasteiger partial charge in [-0.2, -0.15) is 0 Å². The number of carbonyl (C=O) groups is 2. The first-order valence-electron chi connectivity index (χ1n) is 6.31. The van der Waals surface area contributed by atoms with E-state index in [1.54, 1.807) is 6.07 Å². The van der Waals surface area contributed by atoms with Gasteiger partial charge in [0.05, 0.1) is 23.5 Å². The van der Waals surface area contributed by atoms with E-state index in [-0.39, 0.29) is 12.5 Å². The molecule has 1 aliphatic heterocycles. The van der Waals surface area contributed by atoms with Crippen LogP contribution in [-0.4, -0.2) is 42.9 Å². The Labute approximate surface area is 112 Å². The third kappa shape index (κ3) is 2.78. The zero-order chi connectivity index (χ0) is 13.8. The van der Waals surface area contributed by atoms with E-state index >= 15 is 0 Å². The summed E-state index contributed by atoms with van der Waals surface area (Å²) in [5, 5.41) is 6.45. The van der Waals surface area contributed by atoms with Crippen LogP contribution in [0.25, 0.3) is 0 Å². The van der Waals surface area contributed by atoms with Crippen LogP contribution < -0.4 is 16.4 Å². The smallest absolute Gasteiger partial charge is 0.256 e. The van der Waals surface area contributed by atoms with Gasteiger partial charge < -0.3 is 21.3 Å². The van der Waals surface area contributed by atoms with Crippen LogP contribution in [0.3, 0.4) is 0 Å². The maximum atomic E-state index is 12.4. The highest BCUT2D eigenvalue weighted by molar-refractivity contribution is 6.03. The van der Waals surface area contributed by atoms with E-state index in [0.717, 1.165) is 24.5 Å². The number of benzene rings is 1. The van der Waals surface area contributed by atoms with E-state index in [9.17, 15) is 9.59 Å². The maximum Gasteiger partial charge on any atom is 0.256 e. The fourth-order valence-corrected chi connectivity index (χ4v) is 2.14. The lowest BCUT2D eigenvalue weighted by atomic mass is 10.1. The van der Waals surface area contributed by atoms with Crippen molar-refractivity contribution in [3.8, 4) is 0 Å². The second kappa shape index (κ2) is 5.60. The highest BCUT2D eigenvalue weighted by Crippen LogP contribution is 2.29. The summed E-state index contributed by atoms with van der Waals surface area (Å²) in [6, 6.07) is 5.50. The van der Waals surface area contributed by atoms with Crippen molar-refractivity contribution in [1.29, 1.82) is 0 Å². The number of amides is 2. The van der Waals surface area contributed by atoms with Gasteiger partial charge in [-0.3, -0.25) is 9.59 Å². The first-order chi connectivity index (χ1) is 9.13. The molecule has 2 rings (SSSR count). The number of anilines is 2. The highest BCUT2D eigenvalue weighted by atomic mass is 16.2. The van der Waals surface area contributed by atoms with Crippen molar-refractivity contribution in [2.24, 2.45) is 5.73 Å². The molecule has 19 heavy (non-hydrogen) atoms. The van der Waals surface area contributed by atoms with Crippen molar-refractivity contribution in [3.05, 3.63) is 23.8 Å². The van der Waals surface area contributed by atoms with Gasteiger partial charge in [0, 0.05) is 19.6 Å². The summed E-state index contributed by atoms with van der Waals surface area (Å²) in [4.78, 5) is 24.9. The van der Waals surface area contributed by atoms with E-state index in [2.05, 4.69) is 10.6 Å². The van der Waals surface area contributed by atoms with Crippen molar-refractivity contribution in [2.75, 3.05) is 36.8 Å². The molecule has 0 bridgehead atoms. The van der Waals surface area contributed by atoms with Crippen molar-refractivity contribution < 1.29 is 9.59 Å². The van der Waals surface area contributed by atoms with Crippen molar-refractivity contribution in [3.63, 3.8) is 0 Å². The molecule has 0 fully saturated rings. The average Bonchev–Trinajstić information content (AvgIpc) is 2.43. The van der Waals surface area contributed by atoms with Gasteiger partial charge in [-0.15, -0.1) is 0 Å². The van der Waals surface area contributed by atoms with Gasteiger partial charge >= 0.3 is 0 Å². The maximum absolute atomic E-state index is 12.4. The second-order valence-corrected chi connectivity index (χ2v) is 4.37. The largest absolute Gasteiger partial charge is 0.382 e. The second-order valence-electron chi connectivity index (χ2n) is 4.37. The van der Waals surface area contributed by atoms with Crippen LogP contribution in [0, 0.1) is 0 Å². The summed E-state index contributed by atoms with van der Waals surface area (Å²) < 4.78 is 0. The molecular formula is C13H18N4O2. The van der Waals surface area contributed by atoms with Crippen LogP contribution in [-0.2, 0) is 4.79 Å². The Hall–Kier alpha value is -2.24. The van der Waals surface area contributed by atoms with Gasteiger partial charge in [0.2, 0.25) is 5.91 Å². The SMILES string of the molecule is CCN(CC(N)=O)C(=O)c1cccc2c1NCCN2. The number of nitrogens with one attached hydrogen (secondary N) is 2. The fraction of sp³-hybridized carbons (Fsp3) is 0.385. The summed E-state index contributed by atoms with van der Waals surface area (Å²) in [7, 11) is 0. The molecule has 2 amide bonds. The van der Waals surface area contributed by atoms with Crippen LogP contribution in [0.15, 0.2) is 18.2 Å². The third-order valence-corrected chi connectivity index (χ3v) is 3.05. The molecule has 4 N–H and O–H groups in total. The van der Waals surface area contributed by atoms with Gasteiger partial charge in [0.15, 0.2) is 0 Å². The topological polar surface area (TPSA) is 87.5 Å². The lowest BCUT2D eigenvalue weighted by Gasteiger charge is -2.25. The predicted octanol–water partition coefficient (Wildman–Crippen LogP) is 0.471. The molecule has 1 heterocycles. The molecule has 6 heteroatoms. The summed E-state index contributed by atoms with van der Waals surface area (Å²) in [5.41, 5.74) is 7.43. The number of nitrogens with zero attached hydrogens (tertiary/aromatic N) is 1. The molecule has 102 valence electrons. The van der Waals surface area contributed by atoms with Crippen LogP contribution in [0.1, 0.15) is 17.3 Å². The molecule has 1 aromatic rings. The molecule has 6 nitrogen and oxygen atoms in total. The standard InChI is InChI=1S/C13H18N4O2/c1-2-17(8-11(14)18)13(19)9-4-3-5-10-12(9)16-7-6-15-10/h3-5,15-16H,2,6-8H2,1H3,(H2,14,18). The number of likely N-dealkylation sites (N-methyl/N-ethyl adjacent to an activating group) is 1. The van der Waals surface area contributed by atoms with Crippen molar-refractivity contribution in [1.82, 2.24) is 4.90 Å². The molecule has 0 saturated carbocycles. The van der Waals surface area contributed by atoms with Crippen LogP contribution in [0.4, 0.5) is 11.4 Å². The number of rotatable bonds is 4. The van der Waals surface area contributed by atoms with E-state index in [4.69, 9.17) is 5.73 Å². The monoisotopic (exact) mass is 262 g/mol. The first-order valence-corrected chi connectivity index (χ1v) is 6.31. The van der Waals surface area contributed by atoms with Gasteiger partial charge in [-0.1, -0.05) is 6.07 Å². The van der Waals surface area contributed by atoms with Crippen LogP contribution in [0.2, 0.25) is 0 Å². The van der Waals surface area contributed by atoms with Gasteiger partial charge in [-0.05, 0) is 19.1 Å². The zero-order valence-corrected chi connectivity index (χ0v) is 10.9. The quantitative estimate of drug-likeness (QED) is 0.736. The van der Waals surface area contributed by atoms with Gasteiger partial charge in [0.1, 0.15) is 0 Å². The summed E-state index contributed by atoms with van der Waals surface area (Å²) >= 11 is 0. The number of para-hydroxylation sites is 1. The molecule has 0 radical (unpaired) electrons. The Morgan fingerprint density at radius 2 is 2.05 bits per heavy atom. The Morgan fingerprint density at radius 1 is 1.32 bits per heavy atom. The molecule has 1 aliphatic rings. The normalized spacial score (nSPS) is 12.9. The lowest BCUT2D eigenvalue weighted by molar-refractivity contribution is -0.118. The molecule has 0 spiro atoms. The Kier molecular flexibility index (Phi) is 3.89. The van der Waals surface area contributed by atoms with Gasteiger partial charge in [-0.25, -0.2) is 0 Å². The van der Waals surface area contributed by atoms with Gasteiger partial charge in [0.25, 0.3) is 5.91 Å². The molecule has 1 aromatic carbocycles. The van der Waals surface area contributed by atoms with E-state index in [0.29, 0.717) is 12.1 Å². The molecule has 0 unspecified atom stereocenters. The minimum atomic E-state index is -0.508. The summed E-state index contributed by atoms with van der Waals surface area (Å²) in [6.45, 7) is 3.79. The lowest BCUT2D eigenvalue weighted by Crippen LogP contribution is -2.38. The summed E-state index contributed by atoms with van der Waals surface area (Å²) in [6.07, 6.45) is 0. The molecule has 0 saturated heterocycles. The molecule has 0 aliphatic carbocycles. The number of fused-ring (bicyclic) bond motifs is 1. The fourth-order valence-electron chi connectivity index (χ4n) is 2.14. The number of hydrogen-bond donors (Lipinski definition) is 3. The minimum absolute atomic E-state index is 0.0631. The summed E-state index contributed by atoms with van der Waals surface area (Å²) in [5.74, 6) is -0.694. The number of nitrogens with two attached hydrogens (primary N) is 1. The Bertz CT molecular complexity index is 501. The van der Waals surface area contributed by atoms with E-state index < -0.39 is 5.91 Å². The highest BCUT2D eigenvalue weighted by Gasteiger charge is 2.21. The van der Waals surface area contributed by atoms with E-state index in [1.165, 1.54) is 4.90 Å². The van der Waals surface area contributed by atoms with Crippen LogP contribution >= 0.6 is 0 Å².